The Morgan fingerprint density at radius 3 is 2.50 bits per heavy atom. The van der Waals surface area contributed by atoms with E-state index in [1.165, 1.54) is 11.1 Å². The Hall–Kier alpha value is -1.12. The molecule has 2 rings (SSSR count). The van der Waals surface area contributed by atoms with Crippen LogP contribution in [0.4, 0.5) is 0 Å². The SMILES string of the molecule is CNCC(Cc1cccc(Br)c1)c1ccccc1. The zero-order chi connectivity index (χ0) is 12.8. The highest BCUT2D eigenvalue weighted by Gasteiger charge is 2.11. The van der Waals surface area contributed by atoms with E-state index in [0.717, 1.165) is 17.4 Å². The molecular formula is C16H18BrN. The molecule has 2 aromatic carbocycles. The standard InChI is InChI=1S/C16H18BrN/c1-18-12-15(14-7-3-2-4-8-14)10-13-6-5-9-16(17)11-13/h2-9,11,15,18H,10,12H2,1H3. The maximum atomic E-state index is 3.53. The Bertz CT molecular complexity index is 481. The summed E-state index contributed by atoms with van der Waals surface area (Å²) in [6.45, 7) is 0.997. The molecule has 1 unspecified atom stereocenters. The fourth-order valence-electron chi connectivity index (χ4n) is 2.23. The summed E-state index contributed by atoms with van der Waals surface area (Å²) in [5.74, 6) is 0.519. The van der Waals surface area contributed by atoms with E-state index in [0.29, 0.717) is 5.92 Å². The Kier molecular flexibility index (Phi) is 4.97. The molecule has 94 valence electrons. The Labute approximate surface area is 117 Å². The van der Waals surface area contributed by atoms with Gasteiger partial charge in [0.15, 0.2) is 0 Å². The van der Waals surface area contributed by atoms with Crippen molar-refractivity contribution >= 4 is 15.9 Å². The first-order chi connectivity index (χ1) is 8.79. The molecule has 0 aromatic heterocycles. The monoisotopic (exact) mass is 303 g/mol. The number of nitrogens with one attached hydrogen (secondary N) is 1. The largest absolute Gasteiger partial charge is 0.319 e. The molecule has 18 heavy (non-hydrogen) atoms. The van der Waals surface area contributed by atoms with Gasteiger partial charge in [0.25, 0.3) is 0 Å². The maximum absolute atomic E-state index is 3.53. The van der Waals surface area contributed by atoms with Crippen LogP contribution in [0.15, 0.2) is 59.1 Å². The Balaban J connectivity index is 2.16. The lowest BCUT2D eigenvalue weighted by molar-refractivity contribution is 0.625. The highest BCUT2D eigenvalue weighted by atomic mass is 79.9. The second-order valence-electron chi connectivity index (χ2n) is 4.50. The van der Waals surface area contributed by atoms with Crippen molar-refractivity contribution in [1.82, 2.24) is 5.32 Å². The first-order valence-corrected chi connectivity index (χ1v) is 7.03. The molecule has 0 radical (unpaired) electrons. The molecule has 0 saturated heterocycles. The van der Waals surface area contributed by atoms with Crippen LogP contribution in [0.5, 0.6) is 0 Å². The molecule has 1 nitrogen and oxygen atoms in total. The van der Waals surface area contributed by atoms with E-state index in [1.807, 2.05) is 7.05 Å². The summed E-state index contributed by atoms with van der Waals surface area (Å²) in [6, 6.07) is 19.3. The quantitative estimate of drug-likeness (QED) is 0.880. The van der Waals surface area contributed by atoms with Crippen molar-refractivity contribution < 1.29 is 0 Å². The molecular weight excluding hydrogens is 286 g/mol. The summed E-state index contributed by atoms with van der Waals surface area (Å²) in [4.78, 5) is 0. The molecule has 0 aliphatic carbocycles. The van der Waals surface area contributed by atoms with E-state index in [2.05, 4.69) is 75.8 Å². The van der Waals surface area contributed by atoms with Crippen LogP contribution in [0.1, 0.15) is 17.0 Å². The number of benzene rings is 2. The van der Waals surface area contributed by atoms with Gasteiger partial charge >= 0.3 is 0 Å². The van der Waals surface area contributed by atoms with Gasteiger partial charge in [-0.2, -0.15) is 0 Å². The van der Waals surface area contributed by atoms with Crippen LogP contribution < -0.4 is 5.32 Å². The molecule has 1 atom stereocenters. The van der Waals surface area contributed by atoms with Crippen molar-refractivity contribution in [3.05, 3.63) is 70.2 Å². The van der Waals surface area contributed by atoms with Crippen molar-refractivity contribution in [2.45, 2.75) is 12.3 Å². The third-order valence-corrected chi connectivity index (χ3v) is 3.59. The average molecular weight is 304 g/mol. The number of hydrogen-bond donors (Lipinski definition) is 1. The van der Waals surface area contributed by atoms with Crippen LogP contribution in [0.3, 0.4) is 0 Å². The summed E-state index contributed by atoms with van der Waals surface area (Å²) >= 11 is 3.53. The first-order valence-electron chi connectivity index (χ1n) is 6.23. The molecule has 0 bridgehead atoms. The van der Waals surface area contributed by atoms with Crippen LogP contribution in [0, 0.1) is 0 Å². The number of likely N-dealkylation sites (N-methyl/N-ethyl adjacent to an activating group) is 1. The highest BCUT2D eigenvalue weighted by Crippen LogP contribution is 2.22. The lowest BCUT2D eigenvalue weighted by atomic mass is 9.92. The second kappa shape index (κ2) is 6.72. The van der Waals surface area contributed by atoms with E-state index >= 15 is 0 Å². The van der Waals surface area contributed by atoms with Crippen molar-refractivity contribution in [3.8, 4) is 0 Å². The molecule has 0 aliphatic heterocycles. The summed E-state index contributed by atoms with van der Waals surface area (Å²) in [5.41, 5.74) is 2.76. The summed E-state index contributed by atoms with van der Waals surface area (Å²) in [5, 5.41) is 3.29. The minimum Gasteiger partial charge on any atom is -0.319 e. The molecule has 2 heteroatoms. The molecule has 1 N–H and O–H groups in total. The van der Waals surface area contributed by atoms with Gasteiger partial charge in [0.05, 0.1) is 0 Å². The third kappa shape index (κ3) is 3.69. The van der Waals surface area contributed by atoms with Crippen LogP contribution in [-0.4, -0.2) is 13.6 Å². The van der Waals surface area contributed by atoms with Crippen LogP contribution in [0.2, 0.25) is 0 Å². The predicted molar refractivity (Wildman–Crippen MR) is 81.0 cm³/mol. The molecule has 2 aromatic rings. The topological polar surface area (TPSA) is 12.0 Å². The smallest absolute Gasteiger partial charge is 0.0177 e. The van der Waals surface area contributed by atoms with Gasteiger partial charge in [0.2, 0.25) is 0 Å². The zero-order valence-corrected chi connectivity index (χ0v) is 12.2. The summed E-state index contributed by atoms with van der Waals surface area (Å²) in [7, 11) is 2.01. The Morgan fingerprint density at radius 2 is 1.83 bits per heavy atom. The van der Waals surface area contributed by atoms with E-state index in [1.54, 1.807) is 0 Å². The molecule has 0 amide bonds. The van der Waals surface area contributed by atoms with Crippen molar-refractivity contribution in [2.75, 3.05) is 13.6 Å². The molecule has 0 fully saturated rings. The third-order valence-electron chi connectivity index (χ3n) is 3.09. The fourth-order valence-corrected chi connectivity index (χ4v) is 2.67. The van der Waals surface area contributed by atoms with E-state index in [9.17, 15) is 0 Å². The Morgan fingerprint density at radius 1 is 1.06 bits per heavy atom. The first kappa shape index (κ1) is 13.3. The normalized spacial score (nSPS) is 12.3. The van der Waals surface area contributed by atoms with E-state index < -0.39 is 0 Å². The van der Waals surface area contributed by atoms with Crippen LogP contribution in [-0.2, 0) is 6.42 Å². The van der Waals surface area contributed by atoms with Gasteiger partial charge in [0, 0.05) is 16.9 Å². The van der Waals surface area contributed by atoms with E-state index in [4.69, 9.17) is 0 Å². The number of rotatable bonds is 5. The van der Waals surface area contributed by atoms with Crippen molar-refractivity contribution in [3.63, 3.8) is 0 Å². The minimum absolute atomic E-state index is 0.519. The van der Waals surface area contributed by atoms with Gasteiger partial charge in [-0.15, -0.1) is 0 Å². The highest BCUT2D eigenvalue weighted by molar-refractivity contribution is 9.10. The van der Waals surface area contributed by atoms with Gasteiger partial charge < -0.3 is 5.32 Å². The number of hydrogen-bond acceptors (Lipinski definition) is 1. The van der Waals surface area contributed by atoms with Crippen LogP contribution in [0.25, 0.3) is 0 Å². The molecule has 0 heterocycles. The average Bonchev–Trinajstić information content (AvgIpc) is 2.39. The second-order valence-corrected chi connectivity index (χ2v) is 5.42. The number of halogens is 1. The van der Waals surface area contributed by atoms with Crippen molar-refractivity contribution in [1.29, 1.82) is 0 Å². The van der Waals surface area contributed by atoms with Gasteiger partial charge in [-0.25, -0.2) is 0 Å². The maximum Gasteiger partial charge on any atom is 0.0177 e. The van der Waals surface area contributed by atoms with Crippen molar-refractivity contribution in [2.24, 2.45) is 0 Å². The van der Waals surface area contributed by atoms with Gasteiger partial charge in [-0.1, -0.05) is 58.4 Å². The molecule has 0 spiro atoms. The summed E-state index contributed by atoms with van der Waals surface area (Å²) < 4.78 is 1.15. The molecule has 0 saturated carbocycles. The lowest BCUT2D eigenvalue weighted by Crippen LogP contribution is -2.19. The minimum atomic E-state index is 0.519. The lowest BCUT2D eigenvalue weighted by Gasteiger charge is -2.17. The fraction of sp³-hybridized carbons (Fsp3) is 0.250. The van der Waals surface area contributed by atoms with Gasteiger partial charge in [-0.05, 0) is 36.7 Å². The summed E-state index contributed by atoms with van der Waals surface area (Å²) in [6.07, 6.45) is 1.06. The van der Waals surface area contributed by atoms with E-state index in [-0.39, 0.29) is 0 Å². The molecule has 0 aliphatic rings. The van der Waals surface area contributed by atoms with Gasteiger partial charge in [0.1, 0.15) is 0 Å². The van der Waals surface area contributed by atoms with Crippen LogP contribution >= 0.6 is 15.9 Å². The van der Waals surface area contributed by atoms with Gasteiger partial charge in [-0.3, -0.25) is 0 Å². The zero-order valence-electron chi connectivity index (χ0n) is 10.6. The predicted octanol–water partition coefficient (Wildman–Crippen LogP) is 3.99.